The fourth-order valence-corrected chi connectivity index (χ4v) is 0.204. The number of ether oxygens (including phenoxy) is 1. The van der Waals surface area contributed by atoms with Crippen LogP contribution in [0.3, 0.4) is 0 Å². The van der Waals surface area contributed by atoms with Gasteiger partial charge in [-0.1, -0.05) is 0 Å². The summed E-state index contributed by atoms with van der Waals surface area (Å²) in [5.74, 6) is 0. The summed E-state index contributed by atoms with van der Waals surface area (Å²) < 4.78 is 4.83. The summed E-state index contributed by atoms with van der Waals surface area (Å²) in [6.45, 7) is 5.67. The third kappa shape index (κ3) is 8.82. The Bertz CT molecular complexity index is 15.0. The van der Waals surface area contributed by atoms with Crippen molar-refractivity contribution in [1.29, 1.82) is 0 Å². The minimum Gasteiger partial charge on any atom is -0.382 e. The van der Waals surface area contributed by atoms with Crippen molar-refractivity contribution in [1.82, 2.24) is 0 Å². The van der Waals surface area contributed by atoms with E-state index in [1.54, 1.807) is 0 Å². The van der Waals surface area contributed by atoms with E-state index in [0.29, 0.717) is 0 Å². The Morgan fingerprint density at radius 1 is 1.17 bits per heavy atom. The standard InChI is InChI=1S/C4H10O.W/c1-3-5-4-2;/h3-4H2,1-2H3;/q;+2. The predicted molar refractivity (Wildman–Crippen MR) is 22.2 cm³/mol. The Balaban J connectivity index is 0. The molecule has 0 aliphatic heterocycles. The molecule has 0 heterocycles. The van der Waals surface area contributed by atoms with E-state index in [2.05, 4.69) is 0 Å². The average Bonchev–Trinajstić information content (AvgIpc) is 1.41. The summed E-state index contributed by atoms with van der Waals surface area (Å²) in [6.07, 6.45) is 0. The van der Waals surface area contributed by atoms with Gasteiger partial charge in [0.25, 0.3) is 0 Å². The molecule has 0 saturated carbocycles. The van der Waals surface area contributed by atoms with Crippen molar-refractivity contribution < 1.29 is 25.8 Å². The smallest absolute Gasteiger partial charge is 0.382 e. The van der Waals surface area contributed by atoms with Gasteiger partial charge in [-0.3, -0.25) is 0 Å². The number of hydrogen-bond acceptors (Lipinski definition) is 1. The molecule has 0 aromatic rings. The summed E-state index contributed by atoms with van der Waals surface area (Å²) in [5.41, 5.74) is 0. The van der Waals surface area contributed by atoms with Gasteiger partial charge in [-0.15, -0.1) is 0 Å². The molecule has 0 N–H and O–H groups in total. The summed E-state index contributed by atoms with van der Waals surface area (Å²) in [5, 5.41) is 0. The van der Waals surface area contributed by atoms with Crippen molar-refractivity contribution in [3.63, 3.8) is 0 Å². The SMILES string of the molecule is CCOCC.[W+2]. The first-order chi connectivity index (χ1) is 2.41. The topological polar surface area (TPSA) is 9.23 Å². The molecule has 0 radical (unpaired) electrons. The first kappa shape index (κ1) is 9.82. The maximum atomic E-state index is 4.83. The molecule has 0 aliphatic carbocycles. The van der Waals surface area contributed by atoms with Crippen molar-refractivity contribution in [3.8, 4) is 0 Å². The van der Waals surface area contributed by atoms with E-state index in [9.17, 15) is 0 Å². The van der Waals surface area contributed by atoms with Gasteiger partial charge in [0.05, 0.1) is 0 Å². The van der Waals surface area contributed by atoms with Gasteiger partial charge >= 0.3 is 21.1 Å². The summed E-state index contributed by atoms with van der Waals surface area (Å²) in [7, 11) is 0. The van der Waals surface area contributed by atoms with Crippen molar-refractivity contribution in [2.75, 3.05) is 13.2 Å². The maximum absolute atomic E-state index is 4.83. The molecule has 2 heteroatoms. The molecule has 0 spiro atoms. The third-order valence-corrected chi connectivity index (χ3v) is 0.408. The second-order valence-corrected chi connectivity index (χ2v) is 0.781. The van der Waals surface area contributed by atoms with E-state index >= 15 is 0 Å². The van der Waals surface area contributed by atoms with Crippen molar-refractivity contribution in [2.45, 2.75) is 13.8 Å². The molecule has 0 saturated heterocycles. The molecule has 1 nitrogen and oxygen atoms in total. The molecule has 0 unspecified atom stereocenters. The summed E-state index contributed by atoms with van der Waals surface area (Å²) in [6, 6.07) is 0. The third-order valence-electron chi connectivity index (χ3n) is 0.408. The molecule has 36 valence electrons. The van der Waals surface area contributed by atoms with Gasteiger partial charge in [-0.25, -0.2) is 0 Å². The molecule has 0 bridgehead atoms. The average molecular weight is 258 g/mol. The Hall–Kier alpha value is 0.648. The largest absolute Gasteiger partial charge is 2.00 e. The van der Waals surface area contributed by atoms with E-state index in [0.717, 1.165) is 13.2 Å². The maximum Gasteiger partial charge on any atom is 2.00 e. The van der Waals surface area contributed by atoms with Gasteiger partial charge in [-0.2, -0.15) is 0 Å². The Morgan fingerprint density at radius 2 is 1.50 bits per heavy atom. The quantitative estimate of drug-likeness (QED) is 0.719. The zero-order chi connectivity index (χ0) is 4.12. The molecule has 0 rings (SSSR count). The van der Waals surface area contributed by atoms with Crippen LogP contribution < -0.4 is 0 Å². The van der Waals surface area contributed by atoms with E-state index < -0.39 is 0 Å². The van der Waals surface area contributed by atoms with Gasteiger partial charge in [-0.05, 0) is 13.8 Å². The molecule has 0 aromatic heterocycles. The molecule has 0 fully saturated rings. The minimum absolute atomic E-state index is 0. The molecule has 0 aromatic carbocycles. The van der Waals surface area contributed by atoms with E-state index in [1.807, 2.05) is 13.8 Å². The van der Waals surface area contributed by atoms with Crippen LogP contribution in [0, 0.1) is 0 Å². The monoisotopic (exact) mass is 258 g/mol. The minimum atomic E-state index is 0. The van der Waals surface area contributed by atoms with E-state index in [-0.39, 0.29) is 21.1 Å². The van der Waals surface area contributed by atoms with Crippen LogP contribution in [0.5, 0.6) is 0 Å². The Labute approximate surface area is 53.3 Å². The second kappa shape index (κ2) is 9.17. The van der Waals surface area contributed by atoms with Crippen LogP contribution >= 0.6 is 0 Å². The van der Waals surface area contributed by atoms with Crippen molar-refractivity contribution in [3.05, 3.63) is 0 Å². The summed E-state index contributed by atoms with van der Waals surface area (Å²) in [4.78, 5) is 0. The van der Waals surface area contributed by atoms with Crippen LogP contribution in [0.2, 0.25) is 0 Å². The zero-order valence-corrected chi connectivity index (χ0v) is 7.16. The summed E-state index contributed by atoms with van der Waals surface area (Å²) >= 11 is 0. The van der Waals surface area contributed by atoms with Gasteiger partial charge in [0.15, 0.2) is 0 Å². The fraction of sp³-hybridized carbons (Fsp3) is 1.00. The van der Waals surface area contributed by atoms with Crippen LogP contribution in [-0.4, -0.2) is 13.2 Å². The first-order valence-electron chi connectivity index (χ1n) is 1.99. The Morgan fingerprint density at radius 3 is 1.50 bits per heavy atom. The normalized spacial score (nSPS) is 7.00. The van der Waals surface area contributed by atoms with Crippen molar-refractivity contribution >= 4 is 0 Å². The van der Waals surface area contributed by atoms with E-state index in [1.165, 1.54) is 0 Å². The van der Waals surface area contributed by atoms with Crippen LogP contribution in [0.15, 0.2) is 0 Å². The second-order valence-electron chi connectivity index (χ2n) is 0.781. The molecule has 6 heavy (non-hydrogen) atoms. The number of hydrogen-bond donors (Lipinski definition) is 0. The number of rotatable bonds is 2. The molecular formula is C4H10OW+2. The predicted octanol–water partition coefficient (Wildman–Crippen LogP) is 1.04. The van der Waals surface area contributed by atoms with Crippen LogP contribution in [-0.2, 0) is 25.8 Å². The van der Waals surface area contributed by atoms with Gasteiger partial charge in [0, 0.05) is 13.2 Å². The van der Waals surface area contributed by atoms with Crippen LogP contribution in [0.1, 0.15) is 13.8 Å². The zero-order valence-electron chi connectivity index (χ0n) is 4.23. The van der Waals surface area contributed by atoms with Crippen LogP contribution in [0.25, 0.3) is 0 Å². The van der Waals surface area contributed by atoms with E-state index in [4.69, 9.17) is 4.74 Å². The molecular weight excluding hydrogens is 248 g/mol. The fourth-order valence-electron chi connectivity index (χ4n) is 0.204. The van der Waals surface area contributed by atoms with Gasteiger partial charge in [0.1, 0.15) is 0 Å². The van der Waals surface area contributed by atoms with Crippen molar-refractivity contribution in [2.24, 2.45) is 0 Å². The Kier molecular flexibility index (Phi) is 15.0. The molecule has 0 aliphatic rings. The molecule has 0 atom stereocenters. The van der Waals surface area contributed by atoms with Gasteiger partial charge in [0.2, 0.25) is 0 Å². The van der Waals surface area contributed by atoms with Crippen LogP contribution in [0.4, 0.5) is 0 Å². The molecule has 0 amide bonds. The first-order valence-corrected chi connectivity index (χ1v) is 1.99. The van der Waals surface area contributed by atoms with Gasteiger partial charge < -0.3 is 4.74 Å².